The Morgan fingerprint density at radius 1 is 0.917 bits per heavy atom. The molecule has 1 atom stereocenters. The zero-order chi connectivity index (χ0) is 24.6. The summed E-state index contributed by atoms with van der Waals surface area (Å²) < 4.78 is 1.06. The molecule has 0 saturated carbocycles. The van der Waals surface area contributed by atoms with Crippen LogP contribution in [0.1, 0.15) is 36.4 Å². The largest absolute Gasteiger partial charge is 0.295 e. The fourth-order valence-corrected chi connectivity index (χ4v) is 6.21. The van der Waals surface area contributed by atoms with Crippen LogP contribution in [-0.2, 0) is 0 Å². The van der Waals surface area contributed by atoms with E-state index in [0.717, 1.165) is 55.7 Å². The number of allylic oxidation sites excluding steroid dienone is 1. The molecule has 0 bridgehead atoms. The molecule has 1 N–H and O–H groups in total. The van der Waals surface area contributed by atoms with Crippen LogP contribution in [0.4, 0.5) is 5.13 Å². The van der Waals surface area contributed by atoms with Crippen LogP contribution >= 0.6 is 50.5 Å². The first-order valence-corrected chi connectivity index (χ1v) is 14.2. The Morgan fingerprint density at radius 2 is 1.61 bits per heavy atom. The monoisotopic (exact) mass is 593 g/mol. The number of hydrogen-bond donors (Lipinski definition) is 1. The van der Waals surface area contributed by atoms with E-state index in [4.69, 9.17) is 28.2 Å². The number of halogens is 3. The van der Waals surface area contributed by atoms with Crippen molar-refractivity contribution < 1.29 is 0 Å². The normalized spacial score (nSPS) is 18.5. The number of hydrogen-bond acceptors (Lipinski definition) is 4. The summed E-state index contributed by atoms with van der Waals surface area (Å²) in [6, 6.07) is 24.5. The van der Waals surface area contributed by atoms with Crippen LogP contribution in [0.25, 0.3) is 17.3 Å². The van der Waals surface area contributed by atoms with Gasteiger partial charge in [0.05, 0.1) is 11.4 Å². The summed E-state index contributed by atoms with van der Waals surface area (Å²) in [5.41, 5.74) is 12.1. The van der Waals surface area contributed by atoms with Gasteiger partial charge in [-0.1, -0.05) is 75.5 Å². The van der Waals surface area contributed by atoms with E-state index in [9.17, 15) is 0 Å². The number of anilines is 1. The second-order valence-electron chi connectivity index (χ2n) is 8.93. The fourth-order valence-electron chi connectivity index (χ4n) is 4.87. The van der Waals surface area contributed by atoms with E-state index in [2.05, 4.69) is 74.2 Å². The van der Waals surface area contributed by atoms with Gasteiger partial charge in [0.25, 0.3) is 0 Å². The number of benzene rings is 3. The molecule has 2 aliphatic rings. The van der Waals surface area contributed by atoms with E-state index in [-0.39, 0.29) is 6.04 Å². The zero-order valence-electron chi connectivity index (χ0n) is 19.2. The van der Waals surface area contributed by atoms with Gasteiger partial charge in [-0.15, -0.1) is 11.3 Å². The van der Waals surface area contributed by atoms with Crippen LogP contribution in [0, 0.1) is 0 Å². The Morgan fingerprint density at radius 3 is 2.33 bits per heavy atom. The van der Waals surface area contributed by atoms with Gasteiger partial charge < -0.3 is 0 Å². The van der Waals surface area contributed by atoms with E-state index in [1.165, 1.54) is 22.4 Å². The second kappa shape index (κ2) is 10.1. The van der Waals surface area contributed by atoms with Crippen molar-refractivity contribution in [3.8, 4) is 11.3 Å². The highest BCUT2D eigenvalue weighted by molar-refractivity contribution is 9.10. The summed E-state index contributed by atoms with van der Waals surface area (Å²) >= 11 is 17.5. The lowest BCUT2D eigenvalue weighted by Gasteiger charge is -2.26. The lowest BCUT2D eigenvalue weighted by molar-refractivity contribution is 0.677. The van der Waals surface area contributed by atoms with Crippen molar-refractivity contribution in [1.29, 1.82) is 0 Å². The predicted octanol–water partition coefficient (Wildman–Crippen LogP) is 9.47. The van der Waals surface area contributed by atoms with Crippen molar-refractivity contribution in [1.82, 2.24) is 10.4 Å². The summed E-state index contributed by atoms with van der Waals surface area (Å²) in [6.07, 6.45) is 5.45. The third kappa shape index (κ3) is 4.73. The Hall–Kier alpha value is -2.57. The maximum absolute atomic E-state index is 6.24. The molecule has 2 heterocycles. The van der Waals surface area contributed by atoms with Crippen LogP contribution in [0.2, 0.25) is 10.0 Å². The van der Waals surface area contributed by atoms with Crippen LogP contribution in [0.3, 0.4) is 0 Å². The Bertz CT molecular complexity index is 1460. The van der Waals surface area contributed by atoms with Gasteiger partial charge in [-0.05, 0) is 84.0 Å². The SMILES string of the molecule is Clc1ccc(/C=C2\CCCC3=C2NN(c2nc(-c4ccc(Br)cc4)cs2)[C@@H]3c2ccc(Cl)cc2)cc1. The second-order valence-corrected chi connectivity index (χ2v) is 11.6. The quantitative estimate of drug-likeness (QED) is 0.255. The third-order valence-corrected chi connectivity index (χ3v) is 8.46. The minimum absolute atomic E-state index is 0.0510. The topological polar surface area (TPSA) is 28.2 Å². The average Bonchev–Trinajstić information content (AvgIpc) is 3.52. The molecule has 4 aromatic rings. The lowest BCUT2D eigenvalue weighted by atomic mass is 9.86. The molecule has 1 aromatic heterocycles. The molecular weight excluding hydrogens is 573 g/mol. The van der Waals surface area contributed by atoms with Crippen molar-refractivity contribution >= 4 is 61.7 Å². The number of thiazole rings is 1. The molecule has 0 fully saturated rings. The molecule has 0 saturated heterocycles. The highest BCUT2D eigenvalue weighted by Crippen LogP contribution is 2.46. The van der Waals surface area contributed by atoms with Crippen molar-refractivity contribution in [2.45, 2.75) is 25.3 Å². The first-order valence-electron chi connectivity index (χ1n) is 11.8. The first kappa shape index (κ1) is 23.8. The maximum atomic E-state index is 6.24. The van der Waals surface area contributed by atoms with Gasteiger partial charge in [0.2, 0.25) is 5.13 Å². The summed E-state index contributed by atoms with van der Waals surface area (Å²) in [5.74, 6) is 0. The number of nitrogens with one attached hydrogen (secondary N) is 1. The molecule has 3 aromatic carbocycles. The van der Waals surface area contributed by atoms with E-state index < -0.39 is 0 Å². The number of rotatable bonds is 4. The Balaban J connectivity index is 1.40. The highest BCUT2D eigenvalue weighted by atomic mass is 79.9. The molecule has 36 heavy (non-hydrogen) atoms. The molecule has 0 spiro atoms. The Kier molecular flexibility index (Phi) is 6.65. The van der Waals surface area contributed by atoms with E-state index >= 15 is 0 Å². The van der Waals surface area contributed by atoms with Gasteiger partial charge in [-0.2, -0.15) is 0 Å². The molecule has 180 valence electrons. The van der Waals surface area contributed by atoms with Gasteiger partial charge in [0.1, 0.15) is 6.04 Å². The third-order valence-electron chi connectivity index (χ3n) is 6.59. The van der Waals surface area contributed by atoms with E-state index in [1.807, 2.05) is 36.4 Å². The molecule has 0 radical (unpaired) electrons. The van der Waals surface area contributed by atoms with Gasteiger partial charge in [0.15, 0.2) is 0 Å². The molecule has 1 aliphatic carbocycles. The van der Waals surface area contributed by atoms with Crippen molar-refractivity contribution in [3.63, 3.8) is 0 Å². The summed E-state index contributed by atoms with van der Waals surface area (Å²) in [4.78, 5) is 5.04. The Labute approximate surface area is 233 Å². The van der Waals surface area contributed by atoms with Crippen molar-refractivity contribution in [2.24, 2.45) is 0 Å². The number of hydrazine groups is 1. The standard InChI is InChI=1S/C29H22BrCl2N3S/c30-22-10-6-19(7-11-22)26-17-36-29(33-26)35-28(20-8-14-24(32)15-9-20)25-3-1-2-21(27(25)34-35)16-18-4-12-23(31)13-5-18/h4-17,28,34H,1-3H2/b21-16+/t28-/m1/s1. The minimum Gasteiger partial charge on any atom is -0.295 e. The van der Waals surface area contributed by atoms with Gasteiger partial charge in [0, 0.05) is 25.5 Å². The van der Waals surface area contributed by atoms with E-state index in [1.54, 1.807) is 11.3 Å². The van der Waals surface area contributed by atoms with Crippen molar-refractivity contribution in [2.75, 3.05) is 5.01 Å². The van der Waals surface area contributed by atoms with E-state index in [0.29, 0.717) is 0 Å². The smallest absolute Gasteiger partial charge is 0.205 e. The number of aromatic nitrogens is 1. The summed E-state index contributed by atoms with van der Waals surface area (Å²) in [6.45, 7) is 0. The molecular formula is C29H22BrCl2N3S. The highest BCUT2D eigenvalue weighted by Gasteiger charge is 2.38. The molecule has 6 rings (SSSR count). The van der Waals surface area contributed by atoms with Crippen molar-refractivity contribution in [3.05, 3.63) is 121 Å². The molecule has 1 aliphatic heterocycles. The van der Waals surface area contributed by atoms with Crippen LogP contribution in [-0.4, -0.2) is 4.98 Å². The molecule has 7 heteroatoms. The maximum Gasteiger partial charge on any atom is 0.205 e. The molecule has 3 nitrogen and oxygen atoms in total. The molecule has 0 unspecified atom stereocenters. The minimum atomic E-state index is 0.0510. The average molecular weight is 595 g/mol. The number of nitrogens with zero attached hydrogens (tertiary/aromatic N) is 2. The van der Waals surface area contributed by atoms with Crippen LogP contribution in [0.15, 0.2) is 99.5 Å². The van der Waals surface area contributed by atoms with Crippen LogP contribution in [0.5, 0.6) is 0 Å². The van der Waals surface area contributed by atoms with Gasteiger partial charge >= 0.3 is 0 Å². The predicted molar refractivity (Wildman–Crippen MR) is 155 cm³/mol. The first-order chi connectivity index (χ1) is 17.5. The lowest BCUT2D eigenvalue weighted by Crippen LogP contribution is -2.34. The van der Waals surface area contributed by atoms with Crippen LogP contribution < -0.4 is 10.4 Å². The summed E-state index contributed by atoms with van der Waals surface area (Å²) in [5, 5.41) is 6.78. The van der Waals surface area contributed by atoms with Gasteiger partial charge in [-0.25, -0.2) is 9.99 Å². The fraction of sp³-hybridized carbons (Fsp3) is 0.138. The zero-order valence-corrected chi connectivity index (χ0v) is 23.1. The molecule has 0 amide bonds. The summed E-state index contributed by atoms with van der Waals surface area (Å²) in [7, 11) is 0. The van der Waals surface area contributed by atoms with Gasteiger partial charge in [-0.3, -0.25) is 5.43 Å².